The molecular formula is C12H14FNO2. The fourth-order valence-corrected chi connectivity index (χ4v) is 2.18. The molecule has 1 aromatic carbocycles. The van der Waals surface area contributed by atoms with E-state index in [-0.39, 0.29) is 6.42 Å². The van der Waals surface area contributed by atoms with Gasteiger partial charge in [0.1, 0.15) is 6.17 Å². The number of fused-ring (bicyclic) bond motifs is 1. The summed E-state index contributed by atoms with van der Waals surface area (Å²) in [4.78, 5) is 11.4. The average molecular weight is 223 g/mol. The first kappa shape index (κ1) is 10.9. The van der Waals surface area contributed by atoms with Gasteiger partial charge in [0.2, 0.25) is 0 Å². The van der Waals surface area contributed by atoms with Crippen LogP contribution in [0.4, 0.5) is 10.1 Å². The monoisotopic (exact) mass is 223 g/mol. The van der Waals surface area contributed by atoms with Gasteiger partial charge in [0.05, 0.1) is 13.0 Å². The molecule has 2 atom stereocenters. The summed E-state index contributed by atoms with van der Waals surface area (Å²) in [5.74, 6) is -1.22. The Labute approximate surface area is 93.4 Å². The van der Waals surface area contributed by atoms with Gasteiger partial charge in [-0.15, -0.1) is 0 Å². The lowest BCUT2D eigenvalue weighted by molar-refractivity contribution is -0.148. The molecule has 0 amide bonds. The molecule has 1 aliphatic rings. The second-order valence-corrected chi connectivity index (χ2v) is 4.04. The van der Waals surface area contributed by atoms with Crippen molar-refractivity contribution in [3.05, 3.63) is 29.3 Å². The van der Waals surface area contributed by atoms with Crippen LogP contribution >= 0.6 is 0 Å². The summed E-state index contributed by atoms with van der Waals surface area (Å²) in [5.41, 5.74) is 8.22. The molecule has 0 spiro atoms. The van der Waals surface area contributed by atoms with Crippen molar-refractivity contribution >= 4 is 11.7 Å². The van der Waals surface area contributed by atoms with E-state index >= 15 is 0 Å². The first-order valence-corrected chi connectivity index (χ1v) is 5.21. The number of carbonyl (C=O) groups is 1. The summed E-state index contributed by atoms with van der Waals surface area (Å²) in [6.45, 7) is 0. The van der Waals surface area contributed by atoms with E-state index in [0.717, 1.165) is 11.1 Å². The third-order valence-electron chi connectivity index (χ3n) is 3.09. The molecule has 1 aromatic rings. The van der Waals surface area contributed by atoms with Crippen molar-refractivity contribution < 1.29 is 13.9 Å². The Balaban J connectivity index is 2.33. The van der Waals surface area contributed by atoms with Gasteiger partial charge in [0, 0.05) is 12.1 Å². The van der Waals surface area contributed by atoms with E-state index in [0.29, 0.717) is 12.1 Å². The van der Waals surface area contributed by atoms with E-state index in [1.165, 1.54) is 7.11 Å². The molecule has 86 valence electrons. The van der Waals surface area contributed by atoms with Crippen molar-refractivity contribution in [2.45, 2.75) is 19.0 Å². The second kappa shape index (κ2) is 4.12. The molecule has 1 aliphatic carbocycles. The molecule has 3 nitrogen and oxygen atoms in total. The third kappa shape index (κ3) is 1.75. The van der Waals surface area contributed by atoms with Crippen molar-refractivity contribution in [2.24, 2.45) is 5.92 Å². The molecule has 4 heteroatoms. The molecule has 2 rings (SSSR count). The van der Waals surface area contributed by atoms with Crippen LogP contribution in [0.2, 0.25) is 0 Å². The molecule has 2 unspecified atom stereocenters. The van der Waals surface area contributed by atoms with Gasteiger partial charge in [0.25, 0.3) is 0 Å². The highest BCUT2D eigenvalue weighted by atomic mass is 19.1. The van der Waals surface area contributed by atoms with E-state index in [1.807, 2.05) is 6.07 Å². The number of halogens is 1. The molecule has 0 bridgehead atoms. The van der Waals surface area contributed by atoms with Gasteiger partial charge >= 0.3 is 5.97 Å². The van der Waals surface area contributed by atoms with Crippen LogP contribution in [0.3, 0.4) is 0 Å². The largest absolute Gasteiger partial charge is 0.469 e. The van der Waals surface area contributed by atoms with Gasteiger partial charge in [0.15, 0.2) is 0 Å². The number of alkyl halides is 1. The Kier molecular flexibility index (Phi) is 2.81. The van der Waals surface area contributed by atoms with Crippen molar-refractivity contribution in [2.75, 3.05) is 12.8 Å². The van der Waals surface area contributed by atoms with Crippen LogP contribution in [0.15, 0.2) is 18.2 Å². The molecular weight excluding hydrogens is 209 g/mol. The molecule has 0 aliphatic heterocycles. The second-order valence-electron chi connectivity index (χ2n) is 4.04. The fourth-order valence-electron chi connectivity index (χ4n) is 2.18. The molecule has 2 N–H and O–H groups in total. The van der Waals surface area contributed by atoms with Crippen LogP contribution < -0.4 is 5.73 Å². The molecule has 0 fully saturated rings. The Morgan fingerprint density at radius 1 is 1.50 bits per heavy atom. The number of benzene rings is 1. The van der Waals surface area contributed by atoms with Gasteiger partial charge in [-0.2, -0.15) is 0 Å². The van der Waals surface area contributed by atoms with Crippen LogP contribution in [0.5, 0.6) is 0 Å². The average Bonchev–Trinajstić information content (AvgIpc) is 2.28. The SMILES string of the molecule is COC(=O)C1Cc2c(N)cccc2CC1F. The molecule has 0 saturated heterocycles. The Morgan fingerprint density at radius 2 is 2.25 bits per heavy atom. The van der Waals surface area contributed by atoms with Crippen LogP contribution in [0.1, 0.15) is 11.1 Å². The van der Waals surface area contributed by atoms with Gasteiger partial charge in [-0.3, -0.25) is 4.79 Å². The van der Waals surface area contributed by atoms with Gasteiger partial charge in [-0.25, -0.2) is 4.39 Å². The van der Waals surface area contributed by atoms with Crippen LogP contribution in [-0.2, 0) is 22.4 Å². The van der Waals surface area contributed by atoms with Crippen molar-refractivity contribution in [1.82, 2.24) is 0 Å². The number of ether oxygens (including phenoxy) is 1. The summed E-state index contributed by atoms with van der Waals surface area (Å²) >= 11 is 0. The fraction of sp³-hybridized carbons (Fsp3) is 0.417. The Hall–Kier alpha value is -1.58. The number of hydrogen-bond donors (Lipinski definition) is 1. The lowest BCUT2D eigenvalue weighted by Gasteiger charge is -2.27. The quantitative estimate of drug-likeness (QED) is 0.579. The number of anilines is 1. The minimum atomic E-state index is -1.18. The number of esters is 1. The first-order valence-electron chi connectivity index (χ1n) is 5.21. The summed E-state index contributed by atoms with van der Waals surface area (Å²) in [6.07, 6.45) is -0.613. The van der Waals surface area contributed by atoms with Gasteiger partial charge in [-0.1, -0.05) is 12.1 Å². The number of nitrogens with two attached hydrogens (primary N) is 1. The van der Waals surface area contributed by atoms with Gasteiger partial charge < -0.3 is 10.5 Å². The molecule has 0 radical (unpaired) electrons. The molecule has 16 heavy (non-hydrogen) atoms. The summed E-state index contributed by atoms with van der Waals surface area (Å²) in [7, 11) is 1.28. The lowest BCUT2D eigenvalue weighted by Crippen LogP contribution is -2.34. The van der Waals surface area contributed by atoms with E-state index in [2.05, 4.69) is 4.74 Å². The number of nitrogen functional groups attached to an aromatic ring is 1. The summed E-state index contributed by atoms with van der Waals surface area (Å²) < 4.78 is 18.3. The summed E-state index contributed by atoms with van der Waals surface area (Å²) in [5, 5.41) is 0. The highest BCUT2D eigenvalue weighted by Crippen LogP contribution is 2.31. The zero-order chi connectivity index (χ0) is 11.7. The first-order chi connectivity index (χ1) is 7.63. The van der Waals surface area contributed by atoms with Crippen molar-refractivity contribution in [3.63, 3.8) is 0 Å². The number of hydrogen-bond acceptors (Lipinski definition) is 3. The lowest BCUT2D eigenvalue weighted by atomic mass is 9.82. The van der Waals surface area contributed by atoms with Gasteiger partial charge in [-0.05, 0) is 23.6 Å². The highest BCUT2D eigenvalue weighted by Gasteiger charge is 2.35. The maximum Gasteiger partial charge on any atom is 0.311 e. The zero-order valence-corrected chi connectivity index (χ0v) is 9.07. The van der Waals surface area contributed by atoms with E-state index < -0.39 is 18.1 Å². The number of methoxy groups -OCH3 is 1. The van der Waals surface area contributed by atoms with Crippen molar-refractivity contribution in [1.29, 1.82) is 0 Å². The smallest absolute Gasteiger partial charge is 0.311 e. The molecule has 0 heterocycles. The maximum absolute atomic E-state index is 13.8. The Bertz CT molecular complexity index is 419. The van der Waals surface area contributed by atoms with Crippen molar-refractivity contribution in [3.8, 4) is 0 Å². The molecule has 0 saturated carbocycles. The van der Waals surface area contributed by atoms with E-state index in [4.69, 9.17) is 5.73 Å². The zero-order valence-electron chi connectivity index (χ0n) is 9.07. The highest BCUT2D eigenvalue weighted by molar-refractivity contribution is 5.74. The number of rotatable bonds is 1. The Morgan fingerprint density at radius 3 is 2.94 bits per heavy atom. The minimum absolute atomic E-state index is 0.236. The topological polar surface area (TPSA) is 52.3 Å². The van der Waals surface area contributed by atoms with Crippen LogP contribution in [-0.4, -0.2) is 19.3 Å². The molecule has 0 aromatic heterocycles. The van der Waals surface area contributed by atoms with E-state index in [1.54, 1.807) is 12.1 Å². The third-order valence-corrected chi connectivity index (χ3v) is 3.09. The van der Waals surface area contributed by atoms with Crippen LogP contribution in [0.25, 0.3) is 0 Å². The van der Waals surface area contributed by atoms with Crippen LogP contribution in [0, 0.1) is 5.92 Å². The standard InChI is InChI=1S/C12H14FNO2/c1-16-12(15)9-6-8-7(5-10(9)13)3-2-4-11(8)14/h2-4,9-10H,5-6,14H2,1H3. The summed E-state index contributed by atoms with van der Waals surface area (Å²) in [6, 6.07) is 5.43. The predicted molar refractivity (Wildman–Crippen MR) is 58.7 cm³/mol. The number of carbonyl (C=O) groups excluding carboxylic acids is 1. The maximum atomic E-state index is 13.8. The predicted octanol–water partition coefficient (Wildman–Crippen LogP) is 1.49. The van der Waals surface area contributed by atoms with E-state index in [9.17, 15) is 9.18 Å². The minimum Gasteiger partial charge on any atom is -0.469 e. The normalized spacial score (nSPS) is 23.6.